The zero-order valence-corrected chi connectivity index (χ0v) is 11.2. The molecule has 2 rings (SSSR count). The van der Waals surface area contributed by atoms with Gasteiger partial charge in [-0.25, -0.2) is 0 Å². The predicted octanol–water partition coefficient (Wildman–Crippen LogP) is 1.64. The van der Waals surface area contributed by atoms with Crippen LogP contribution in [-0.4, -0.2) is 52.9 Å². The number of aromatic nitrogens is 1. The molecule has 1 aliphatic rings. The van der Waals surface area contributed by atoms with Crippen molar-refractivity contribution < 1.29 is 4.79 Å². The lowest BCUT2D eigenvalue weighted by atomic mass is 10.2. The molecule has 1 aromatic heterocycles. The summed E-state index contributed by atoms with van der Waals surface area (Å²) in [5.41, 5.74) is 0.553. The summed E-state index contributed by atoms with van der Waals surface area (Å²) in [6.07, 6.45) is 2.74. The topological polar surface area (TPSA) is 36.4 Å². The van der Waals surface area contributed by atoms with Crippen molar-refractivity contribution >= 4 is 5.91 Å². The average Bonchev–Trinajstić information content (AvgIpc) is 2.90. The predicted molar refractivity (Wildman–Crippen MR) is 71.5 cm³/mol. The second kappa shape index (κ2) is 5.96. The number of rotatable bonds is 4. The van der Waals surface area contributed by atoms with Gasteiger partial charge in [0.05, 0.1) is 0 Å². The Kier molecular flexibility index (Phi) is 4.31. The number of carbonyl (C=O) groups excluding carboxylic acids is 1. The van der Waals surface area contributed by atoms with Gasteiger partial charge in [0.25, 0.3) is 5.91 Å². The zero-order chi connectivity index (χ0) is 13.0. The van der Waals surface area contributed by atoms with E-state index in [9.17, 15) is 4.79 Å². The van der Waals surface area contributed by atoms with Gasteiger partial charge < -0.3 is 4.90 Å². The van der Waals surface area contributed by atoms with Crippen LogP contribution in [0.2, 0.25) is 0 Å². The van der Waals surface area contributed by atoms with Crippen LogP contribution < -0.4 is 0 Å². The lowest BCUT2D eigenvalue weighted by molar-refractivity contribution is 0.0772. The van der Waals surface area contributed by atoms with E-state index >= 15 is 0 Å². The summed E-state index contributed by atoms with van der Waals surface area (Å²) in [5, 5.41) is 0. The summed E-state index contributed by atoms with van der Waals surface area (Å²) < 4.78 is 0. The molecule has 1 aromatic rings. The highest BCUT2D eigenvalue weighted by atomic mass is 16.2. The maximum absolute atomic E-state index is 12.2. The number of likely N-dealkylation sites (N-methyl/N-ethyl adjacent to an activating group) is 1. The van der Waals surface area contributed by atoms with E-state index in [1.54, 1.807) is 12.3 Å². The minimum Gasteiger partial charge on any atom is -0.336 e. The highest BCUT2D eigenvalue weighted by molar-refractivity contribution is 5.92. The molecule has 1 aliphatic heterocycles. The molecule has 0 bridgehead atoms. The molecule has 1 amide bonds. The molecule has 0 N–H and O–H groups in total. The van der Waals surface area contributed by atoms with Crippen molar-refractivity contribution in [1.29, 1.82) is 0 Å². The maximum atomic E-state index is 12.2. The lowest BCUT2D eigenvalue weighted by Crippen LogP contribution is -2.38. The Morgan fingerprint density at radius 3 is 2.83 bits per heavy atom. The molecule has 1 saturated heterocycles. The summed E-state index contributed by atoms with van der Waals surface area (Å²) in [7, 11) is 0. The number of hydrogen-bond donors (Lipinski definition) is 0. The third-order valence-corrected chi connectivity index (χ3v) is 3.66. The Morgan fingerprint density at radius 1 is 1.44 bits per heavy atom. The lowest BCUT2D eigenvalue weighted by Gasteiger charge is -2.26. The fourth-order valence-electron chi connectivity index (χ4n) is 2.62. The van der Waals surface area contributed by atoms with E-state index in [0.29, 0.717) is 11.7 Å². The van der Waals surface area contributed by atoms with Gasteiger partial charge in [0.1, 0.15) is 5.69 Å². The molecule has 0 spiro atoms. The van der Waals surface area contributed by atoms with Crippen molar-refractivity contribution in [2.45, 2.75) is 26.3 Å². The summed E-state index contributed by atoms with van der Waals surface area (Å²) in [6, 6.07) is 5.98. The Balaban J connectivity index is 1.99. The smallest absolute Gasteiger partial charge is 0.272 e. The minimum absolute atomic E-state index is 0.0604. The average molecular weight is 247 g/mol. The van der Waals surface area contributed by atoms with E-state index in [2.05, 4.69) is 23.7 Å². The second-order valence-electron chi connectivity index (χ2n) is 4.63. The first-order chi connectivity index (χ1) is 8.76. The number of nitrogens with zero attached hydrogens (tertiary/aromatic N) is 3. The third-order valence-electron chi connectivity index (χ3n) is 3.66. The Hall–Kier alpha value is -1.42. The first kappa shape index (κ1) is 13.0. The molecule has 1 unspecified atom stereocenters. The molecule has 1 atom stereocenters. The number of hydrogen-bond acceptors (Lipinski definition) is 3. The molecule has 18 heavy (non-hydrogen) atoms. The number of amides is 1. The van der Waals surface area contributed by atoms with Gasteiger partial charge in [-0.3, -0.25) is 14.7 Å². The SMILES string of the molecule is CCN(CC)C1CCN(C(=O)c2ccccn2)C1. The van der Waals surface area contributed by atoms with Crippen LogP contribution in [0.25, 0.3) is 0 Å². The zero-order valence-electron chi connectivity index (χ0n) is 11.2. The van der Waals surface area contributed by atoms with Crippen LogP contribution in [0.4, 0.5) is 0 Å². The van der Waals surface area contributed by atoms with Crippen molar-refractivity contribution in [2.75, 3.05) is 26.2 Å². The van der Waals surface area contributed by atoms with E-state index in [1.165, 1.54) is 0 Å². The third kappa shape index (κ3) is 2.70. The minimum atomic E-state index is 0.0604. The van der Waals surface area contributed by atoms with Crippen molar-refractivity contribution in [3.63, 3.8) is 0 Å². The normalized spacial score (nSPS) is 19.5. The van der Waals surface area contributed by atoms with Gasteiger partial charge in [-0.2, -0.15) is 0 Å². The molecule has 0 saturated carbocycles. The van der Waals surface area contributed by atoms with E-state index in [1.807, 2.05) is 17.0 Å². The van der Waals surface area contributed by atoms with Crippen molar-refractivity contribution in [1.82, 2.24) is 14.8 Å². The van der Waals surface area contributed by atoms with Crippen LogP contribution in [0.3, 0.4) is 0 Å². The molecule has 98 valence electrons. The summed E-state index contributed by atoms with van der Waals surface area (Å²) in [6.45, 7) is 8.12. The van der Waals surface area contributed by atoms with Crippen LogP contribution >= 0.6 is 0 Å². The molecule has 4 nitrogen and oxygen atoms in total. The molecule has 0 aliphatic carbocycles. The molecule has 0 aromatic carbocycles. The molecule has 1 fully saturated rings. The van der Waals surface area contributed by atoms with Gasteiger partial charge in [-0.05, 0) is 31.6 Å². The van der Waals surface area contributed by atoms with Crippen molar-refractivity contribution in [3.05, 3.63) is 30.1 Å². The van der Waals surface area contributed by atoms with Gasteiger partial charge in [-0.1, -0.05) is 19.9 Å². The number of carbonyl (C=O) groups is 1. The van der Waals surface area contributed by atoms with Gasteiger partial charge >= 0.3 is 0 Å². The van der Waals surface area contributed by atoms with Crippen LogP contribution in [0.1, 0.15) is 30.8 Å². The van der Waals surface area contributed by atoms with Crippen LogP contribution in [0, 0.1) is 0 Å². The highest BCUT2D eigenvalue weighted by Crippen LogP contribution is 2.17. The first-order valence-electron chi connectivity index (χ1n) is 6.70. The Bertz CT molecular complexity index is 389. The Morgan fingerprint density at radius 2 is 2.22 bits per heavy atom. The van der Waals surface area contributed by atoms with Crippen LogP contribution in [-0.2, 0) is 0 Å². The van der Waals surface area contributed by atoms with E-state index in [0.717, 1.165) is 32.6 Å². The van der Waals surface area contributed by atoms with E-state index < -0.39 is 0 Å². The largest absolute Gasteiger partial charge is 0.336 e. The highest BCUT2D eigenvalue weighted by Gasteiger charge is 2.29. The van der Waals surface area contributed by atoms with Crippen molar-refractivity contribution in [2.24, 2.45) is 0 Å². The quantitative estimate of drug-likeness (QED) is 0.811. The molecule has 0 radical (unpaired) electrons. The van der Waals surface area contributed by atoms with E-state index in [-0.39, 0.29) is 5.91 Å². The second-order valence-corrected chi connectivity index (χ2v) is 4.63. The van der Waals surface area contributed by atoms with Gasteiger partial charge in [-0.15, -0.1) is 0 Å². The summed E-state index contributed by atoms with van der Waals surface area (Å²) in [5.74, 6) is 0.0604. The summed E-state index contributed by atoms with van der Waals surface area (Å²) in [4.78, 5) is 20.7. The monoisotopic (exact) mass is 247 g/mol. The number of likely N-dealkylation sites (tertiary alicyclic amines) is 1. The molecular weight excluding hydrogens is 226 g/mol. The fourth-order valence-corrected chi connectivity index (χ4v) is 2.62. The van der Waals surface area contributed by atoms with Crippen LogP contribution in [0.5, 0.6) is 0 Å². The van der Waals surface area contributed by atoms with Gasteiger partial charge in [0.15, 0.2) is 0 Å². The maximum Gasteiger partial charge on any atom is 0.272 e. The molecule has 4 heteroatoms. The number of pyridine rings is 1. The van der Waals surface area contributed by atoms with Crippen molar-refractivity contribution in [3.8, 4) is 0 Å². The molecular formula is C14H21N3O. The molecule has 2 heterocycles. The van der Waals surface area contributed by atoms with Gasteiger partial charge in [0.2, 0.25) is 0 Å². The fraction of sp³-hybridized carbons (Fsp3) is 0.571. The standard InChI is InChI=1S/C14H21N3O/c1-3-16(4-2)12-8-10-17(11-12)14(18)13-7-5-6-9-15-13/h5-7,9,12H,3-4,8,10-11H2,1-2H3. The Labute approximate surface area is 109 Å². The van der Waals surface area contributed by atoms with Gasteiger partial charge in [0, 0.05) is 25.3 Å². The first-order valence-corrected chi connectivity index (χ1v) is 6.70. The van der Waals surface area contributed by atoms with Crippen LogP contribution in [0.15, 0.2) is 24.4 Å². The summed E-state index contributed by atoms with van der Waals surface area (Å²) >= 11 is 0. The van der Waals surface area contributed by atoms with E-state index in [4.69, 9.17) is 0 Å².